The number of hydrogen-bond donors (Lipinski definition) is 2. The molecular weight excluding hydrogens is 294 g/mol. The molecule has 1 saturated heterocycles. The van der Waals surface area contributed by atoms with Gasteiger partial charge in [0.2, 0.25) is 5.91 Å². The van der Waals surface area contributed by atoms with Gasteiger partial charge in [0.25, 0.3) is 0 Å². The highest BCUT2D eigenvalue weighted by Gasteiger charge is 2.58. The topological polar surface area (TPSA) is 54.0 Å². The fraction of sp³-hybridized carbons (Fsp3) is 0.538. The molecule has 1 aliphatic carbocycles. The second kappa shape index (κ2) is 4.03. The Labute approximate surface area is 115 Å². The predicted molar refractivity (Wildman–Crippen MR) is 73.4 cm³/mol. The van der Waals surface area contributed by atoms with Gasteiger partial charge in [-0.25, -0.2) is 4.98 Å². The van der Waals surface area contributed by atoms with Gasteiger partial charge in [0, 0.05) is 6.04 Å². The van der Waals surface area contributed by atoms with Gasteiger partial charge in [0.05, 0.1) is 6.04 Å². The van der Waals surface area contributed by atoms with Gasteiger partial charge in [-0.2, -0.15) is 0 Å². The molecule has 0 aromatic carbocycles. The maximum absolute atomic E-state index is 12.1. The SMILES string of the molecule is Cc1cc(Br)nc(NC(=O)[C@@H]2C[C@@]3(C)C[C@H]3N2)c1. The Morgan fingerprint density at radius 1 is 1.56 bits per heavy atom. The molecule has 0 bridgehead atoms. The molecule has 2 N–H and O–H groups in total. The third kappa shape index (κ3) is 2.17. The van der Waals surface area contributed by atoms with Gasteiger partial charge in [0.1, 0.15) is 10.4 Å². The molecule has 3 atom stereocenters. The summed E-state index contributed by atoms with van der Waals surface area (Å²) in [5, 5.41) is 6.25. The highest BCUT2D eigenvalue weighted by atomic mass is 79.9. The molecule has 0 radical (unpaired) electrons. The third-order valence-corrected chi connectivity index (χ3v) is 4.34. The minimum absolute atomic E-state index is 0.0217. The number of aromatic nitrogens is 1. The van der Waals surface area contributed by atoms with Gasteiger partial charge >= 0.3 is 0 Å². The third-order valence-electron chi connectivity index (χ3n) is 3.93. The highest BCUT2D eigenvalue weighted by molar-refractivity contribution is 9.10. The van der Waals surface area contributed by atoms with E-state index in [9.17, 15) is 4.79 Å². The van der Waals surface area contributed by atoms with Crippen molar-refractivity contribution >= 4 is 27.7 Å². The van der Waals surface area contributed by atoms with Crippen molar-refractivity contribution in [3.8, 4) is 0 Å². The predicted octanol–water partition coefficient (Wildman–Crippen LogP) is 2.23. The van der Waals surface area contributed by atoms with Gasteiger partial charge in [-0.15, -0.1) is 0 Å². The molecule has 3 rings (SSSR count). The van der Waals surface area contributed by atoms with E-state index in [4.69, 9.17) is 0 Å². The van der Waals surface area contributed by atoms with Crippen LogP contribution < -0.4 is 10.6 Å². The maximum atomic E-state index is 12.1. The summed E-state index contributed by atoms with van der Waals surface area (Å²) in [4.78, 5) is 16.4. The quantitative estimate of drug-likeness (QED) is 0.824. The Hall–Kier alpha value is -0.940. The number of anilines is 1. The van der Waals surface area contributed by atoms with E-state index in [2.05, 4.69) is 38.5 Å². The average Bonchev–Trinajstić information content (AvgIpc) is 2.75. The monoisotopic (exact) mass is 309 g/mol. The molecule has 1 aromatic rings. The zero-order valence-electron chi connectivity index (χ0n) is 10.5. The molecule has 18 heavy (non-hydrogen) atoms. The number of carbonyl (C=O) groups excluding carboxylic acids is 1. The van der Waals surface area contributed by atoms with Crippen molar-refractivity contribution in [1.29, 1.82) is 0 Å². The molecule has 0 unspecified atom stereocenters. The van der Waals surface area contributed by atoms with Crippen molar-refractivity contribution in [2.75, 3.05) is 5.32 Å². The normalized spacial score (nSPS) is 33.1. The molecule has 0 spiro atoms. The van der Waals surface area contributed by atoms with Crippen LogP contribution in [0.5, 0.6) is 0 Å². The number of pyridine rings is 1. The molecule has 2 aliphatic rings. The van der Waals surface area contributed by atoms with E-state index in [1.165, 1.54) is 6.42 Å². The standard InChI is InChI=1S/C13H16BrN3O/c1-7-3-10(14)16-11(4-7)17-12(18)8-5-13(2)6-9(13)15-8/h3-4,8-9,15H,5-6H2,1-2H3,(H,16,17,18)/t8-,9+,13-/m0/s1. The van der Waals surface area contributed by atoms with Gasteiger partial charge < -0.3 is 10.6 Å². The lowest BCUT2D eigenvalue weighted by molar-refractivity contribution is -0.118. The molecule has 2 heterocycles. The molecule has 5 heteroatoms. The summed E-state index contributed by atoms with van der Waals surface area (Å²) in [6.07, 6.45) is 2.13. The lowest BCUT2D eigenvalue weighted by Crippen LogP contribution is -2.38. The van der Waals surface area contributed by atoms with Crippen LogP contribution in [0.25, 0.3) is 0 Å². The highest BCUT2D eigenvalue weighted by Crippen LogP contribution is 2.53. The first-order chi connectivity index (χ1) is 8.46. The zero-order valence-corrected chi connectivity index (χ0v) is 12.0. The van der Waals surface area contributed by atoms with Crippen molar-refractivity contribution in [2.24, 2.45) is 5.41 Å². The van der Waals surface area contributed by atoms with Crippen LogP contribution in [0.1, 0.15) is 25.3 Å². The number of halogens is 1. The summed E-state index contributed by atoms with van der Waals surface area (Å²) in [5.74, 6) is 0.632. The molecule has 2 fully saturated rings. The van der Waals surface area contributed by atoms with E-state index in [1.54, 1.807) is 0 Å². The van der Waals surface area contributed by atoms with Crippen LogP contribution in [-0.2, 0) is 4.79 Å². The van der Waals surface area contributed by atoms with Crippen molar-refractivity contribution in [2.45, 2.75) is 38.8 Å². The lowest BCUT2D eigenvalue weighted by Gasteiger charge is -2.14. The van der Waals surface area contributed by atoms with E-state index in [0.717, 1.165) is 16.6 Å². The number of hydrogen-bond acceptors (Lipinski definition) is 3. The molecule has 1 aromatic heterocycles. The number of nitrogens with one attached hydrogen (secondary N) is 2. The Morgan fingerprint density at radius 3 is 2.94 bits per heavy atom. The Morgan fingerprint density at radius 2 is 2.33 bits per heavy atom. The van der Waals surface area contributed by atoms with Crippen molar-refractivity contribution in [3.63, 3.8) is 0 Å². The van der Waals surface area contributed by atoms with Gasteiger partial charge in [0.15, 0.2) is 0 Å². The van der Waals surface area contributed by atoms with Crippen LogP contribution in [0.15, 0.2) is 16.7 Å². The van der Waals surface area contributed by atoms with Crippen LogP contribution in [0.4, 0.5) is 5.82 Å². The first-order valence-corrected chi connectivity index (χ1v) is 6.97. The Balaban J connectivity index is 1.67. The van der Waals surface area contributed by atoms with E-state index >= 15 is 0 Å². The number of rotatable bonds is 2. The Kier molecular flexibility index (Phi) is 2.71. The van der Waals surface area contributed by atoms with E-state index in [0.29, 0.717) is 17.3 Å². The summed E-state index contributed by atoms with van der Waals surface area (Å²) < 4.78 is 0.743. The molecule has 1 aliphatic heterocycles. The van der Waals surface area contributed by atoms with Crippen LogP contribution >= 0.6 is 15.9 Å². The fourth-order valence-electron chi connectivity index (χ4n) is 2.73. The molecule has 4 nitrogen and oxygen atoms in total. The van der Waals surface area contributed by atoms with Crippen molar-refractivity contribution < 1.29 is 4.79 Å². The first kappa shape index (κ1) is 12.1. The summed E-state index contributed by atoms with van der Waals surface area (Å²) in [7, 11) is 0. The molecule has 96 valence electrons. The van der Waals surface area contributed by atoms with E-state index < -0.39 is 0 Å². The lowest BCUT2D eigenvalue weighted by atomic mass is 10.0. The number of piperidine rings is 1. The minimum atomic E-state index is -0.0742. The Bertz CT molecular complexity index is 499. The summed E-state index contributed by atoms with van der Waals surface area (Å²) in [6.45, 7) is 4.21. The second-order valence-electron chi connectivity index (χ2n) is 5.68. The number of aryl methyl sites for hydroxylation is 1. The van der Waals surface area contributed by atoms with E-state index in [1.807, 2.05) is 19.1 Å². The number of carbonyl (C=O) groups is 1. The fourth-order valence-corrected chi connectivity index (χ4v) is 3.28. The smallest absolute Gasteiger partial charge is 0.242 e. The van der Waals surface area contributed by atoms with Gasteiger partial charge in [-0.05, 0) is 58.8 Å². The summed E-state index contributed by atoms with van der Waals surface area (Å²) >= 11 is 3.33. The summed E-state index contributed by atoms with van der Waals surface area (Å²) in [5.41, 5.74) is 1.42. The maximum Gasteiger partial charge on any atom is 0.242 e. The van der Waals surface area contributed by atoms with Gasteiger partial charge in [-0.3, -0.25) is 4.79 Å². The second-order valence-corrected chi connectivity index (χ2v) is 6.49. The van der Waals surface area contributed by atoms with Crippen LogP contribution in [0, 0.1) is 12.3 Å². The number of nitrogens with zero attached hydrogens (tertiary/aromatic N) is 1. The van der Waals surface area contributed by atoms with Crippen molar-refractivity contribution in [1.82, 2.24) is 10.3 Å². The number of amides is 1. The number of fused-ring (bicyclic) bond motifs is 1. The molecule has 1 amide bonds. The van der Waals surface area contributed by atoms with Crippen LogP contribution in [0.3, 0.4) is 0 Å². The largest absolute Gasteiger partial charge is 0.309 e. The van der Waals surface area contributed by atoms with Crippen LogP contribution in [-0.4, -0.2) is 23.0 Å². The average molecular weight is 310 g/mol. The summed E-state index contributed by atoms with van der Waals surface area (Å²) in [6, 6.07) is 4.25. The minimum Gasteiger partial charge on any atom is -0.309 e. The van der Waals surface area contributed by atoms with Crippen molar-refractivity contribution in [3.05, 3.63) is 22.3 Å². The molecular formula is C13H16BrN3O. The van der Waals surface area contributed by atoms with Crippen LogP contribution in [0.2, 0.25) is 0 Å². The first-order valence-electron chi connectivity index (χ1n) is 6.17. The van der Waals surface area contributed by atoms with Gasteiger partial charge in [-0.1, -0.05) is 6.92 Å². The molecule has 1 saturated carbocycles. The zero-order chi connectivity index (χ0) is 12.9. The van der Waals surface area contributed by atoms with E-state index in [-0.39, 0.29) is 11.9 Å².